The molecule has 1 amide bonds. The van der Waals surface area contributed by atoms with Gasteiger partial charge >= 0.3 is 11.9 Å². The Balaban J connectivity index is 1.92. The standard InChI is InChI=1S/C31H32F2N2O6/c1-18(24(19-8-12-21(32)13-9-19)20-10-14-22(33)15-11-20)40-29(38)31(5,6)35-27(36)25-26(23(39-7)16-17-34-25)41-28(37)30(2,3)4/h8-17H,1-7H3,(H,35,36). The van der Waals surface area contributed by atoms with Gasteiger partial charge in [-0.25, -0.2) is 18.6 Å². The van der Waals surface area contributed by atoms with Crippen molar-refractivity contribution in [1.29, 1.82) is 0 Å². The number of hydrogen-bond acceptors (Lipinski definition) is 7. The van der Waals surface area contributed by atoms with Crippen LogP contribution in [0, 0.1) is 17.0 Å². The van der Waals surface area contributed by atoms with E-state index in [1.165, 1.54) is 88.7 Å². The molecule has 0 unspecified atom stereocenters. The van der Waals surface area contributed by atoms with Crippen molar-refractivity contribution in [3.63, 3.8) is 0 Å². The molecule has 0 radical (unpaired) electrons. The third kappa shape index (κ3) is 7.53. The van der Waals surface area contributed by atoms with Gasteiger partial charge in [0.2, 0.25) is 5.75 Å². The van der Waals surface area contributed by atoms with E-state index in [1.807, 2.05) is 0 Å². The summed E-state index contributed by atoms with van der Waals surface area (Å²) in [5.74, 6) is -3.13. The summed E-state index contributed by atoms with van der Waals surface area (Å²) in [6.45, 7) is 9.34. The minimum Gasteiger partial charge on any atom is -0.493 e. The molecule has 0 saturated heterocycles. The SMILES string of the molecule is COc1ccnc(C(=O)NC(C)(C)C(=O)OC(C)=C(c2ccc(F)cc2)c2ccc(F)cc2)c1OC(=O)C(C)(C)C. The molecule has 3 rings (SSSR count). The van der Waals surface area contributed by atoms with Gasteiger partial charge < -0.3 is 19.5 Å². The summed E-state index contributed by atoms with van der Waals surface area (Å²) in [7, 11) is 1.35. The van der Waals surface area contributed by atoms with E-state index in [-0.39, 0.29) is 23.0 Å². The molecule has 0 atom stereocenters. The molecule has 0 aliphatic rings. The molecule has 10 heteroatoms. The molecule has 41 heavy (non-hydrogen) atoms. The summed E-state index contributed by atoms with van der Waals surface area (Å²) >= 11 is 0. The average molecular weight is 567 g/mol. The number of esters is 2. The van der Waals surface area contributed by atoms with E-state index in [9.17, 15) is 23.2 Å². The van der Waals surface area contributed by atoms with E-state index in [1.54, 1.807) is 20.8 Å². The Hall–Kier alpha value is -4.60. The molecule has 0 spiro atoms. The van der Waals surface area contributed by atoms with Crippen molar-refractivity contribution in [3.05, 3.63) is 95.0 Å². The smallest absolute Gasteiger partial charge is 0.336 e. The van der Waals surface area contributed by atoms with E-state index in [2.05, 4.69) is 10.3 Å². The molecule has 8 nitrogen and oxygen atoms in total. The predicted molar refractivity (Wildman–Crippen MR) is 148 cm³/mol. The number of nitrogens with zero attached hydrogens (tertiary/aromatic N) is 1. The first-order valence-electron chi connectivity index (χ1n) is 12.7. The highest BCUT2D eigenvalue weighted by Gasteiger charge is 2.35. The molecule has 0 saturated carbocycles. The molecule has 1 aromatic heterocycles. The number of benzene rings is 2. The third-order valence-electron chi connectivity index (χ3n) is 5.91. The van der Waals surface area contributed by atoms with Gasteiger partial charge in [-0.05, 0) is 76.9 Å². The second-order valence-electron chi connectivity index (χ2n) is 10.7. The zero-order chi connectivity index (χ0) is 30.5. The quantitative estimate of drug-likeness (QED) is 0.269. The lowest BCUT2D eigenvalue weighted by Gasteiger charge is -2.25. The summed E-state index contributed by atoms with van der Waals surface area (Å²) in [5.41, 5.74) is -1.27. The Morgan fingerprint density at radius 1 is 0.805 bits per heavy atom. The zero-order valence-corrected chi connectivity index (χ0v) is 23.9. The van der Waals surface area contributed by atoms with Gasteiger partial charge in [-0.3, -0.25) is 9.59 Å². The monoisotopic (exact) mass is 566 g/mol. The highest BCUT2D eigenvalue weighted by atomic mass is 19.1. The third-order valence-corrected chi connectivity index (χ3v) is 5.91. The van der Waals surface area contributed by atoms with Crippen LogP contribution in [0.4, 0.5) is 8.78 Å². The van der Waals surface area contributed by atoms with Gasteiger partial charge in [0.1, 0.15) is 22.9 Å². The normalized spacial score (nSPS) is 11.3. The van der Waals surface area contributed by atoms with Crippen molar-refractivity contribution < 1.29 is 37.4 Å². The van der Waals surface area contributed by atoms with Crippen LogP contribution in [0.3, 0.4) is 0 Å². The topological polar surface area (TPSA) is 104 Å². The zero-order valence-electron chi connectivity index (χ0n) is 23.9. The van der Waals surface area contributed by atoms with Gasteiger partial charge in [0.05, 0.1) is 12.5 Å². The van der Waals surface area contributed by atoms with E-state index in [0.717, 1.165) is 0 Å². The lowest BCUT2D eigenvalue weighted by molar-refractivity contribution is -0.145. The van der Waals surface area contributed by atoms with Crippen LogP contribution >= 0.6 is 0 Å². The number of amides is 1. The molecular weight excluding hydrogens is 534 g/mol. The molecule has 0 bridgehead atoms. The maximum atomic E-state index is 13.6. The van der Waals surface area contributed by atoms with Gasteiger partial charge in [-0.1, -0.05) is 24.3 Å². The van der Waals surface area contributed by atoms with Crippen molar-refractivity contribution in [2.75, 3.05) is 7.11 Å². The largest absolute Gasteiger partial charge is 0.493 e. The van der Waals surface area contributed by atoms with E-state index in [0.29, 0.717) is 16.7 Å². The Morgan fingerprint density at radius 2 is 1.32 bits per heavy atom. The number of nitrogens with one attached hydrogen (secondary N) is 1. The first kappa shape index (κ1) is 30.9. The number of carbonyl (C=O) groups is 3. The van der Waals surface area contributed by atoms with Gasteiger partial charge in [0.25, 0.3) is 5.91 Å². The van der Waals surface area contributed by atoms with Gasteiger partial charge in [-0.15, -0.1) is 0 Å². The van der Waals surface area contributed by atoms with Crippen LogP contribution in [0.25, 0.3) is 5.57 Å². The molecule has 0 aliphatic carbocycles. The lowest BCUT2D eigenvalue weighted by Crippen LogP contribution is -2.50. The number of methoxy groups -OCH3 is 1. The number of ether oxygens (including phenoxy) is 3. The maximum Gasteiger partial charge on any atom is 0.336 e. The number of halogens is 2. The Labute approximate surface area is 237 Å². The Kier molecular flexibility index (Phi) is 9.27. The van der Waals surface area contributed by atoms with Crippen LogP contribution in [0.15, 0.2) is 66.6 Å². The molecule has 3 aromatic rings. The fourth-order valence-electron chi connectivity index (χ4n) is 3.62. The highest BCUT2D eigenvalue weighted by Crippen LogP contribution is 2.33. The fourth-order valence-corrected chi connectivity index (χ4v) is 3.62. The first-order valence-corrected chi connectivity index (χ1v) is 12.7. The molecule has 1 N–H and O–H groups in total. The van der Waals surface area contributed by atoms with Crippen LogP contribution in [-0.2, 0) is 14.3 Å². The van der Waals surface area contributed by atoms with Crippen LogP contribution in [0.5, 0.6) is 11.5 Å². The van der Waals surface area contributed by atoms with E-state index >= 15 is 0 Å². The van der Waals surface area contributed by atoms with Crippen LogP contribution in [-0.4, -0.2) is 35.5 Å². The van der Waals surface area contributed by atoms with Gasteiger partial charge in [-0.2, -0.15) is 0 Å². The van der Waals surface area contributed by atoms with E-state index in [4.69, 9.17) is 14.2 Å². The number of allylic oxidation sites excluding steroid dienone is 1. The van der Waals surface area contributed by atoms with Crippen molar-refractivity contribution in [2.24, 2.45) is 5.41 Å². The second-order valence-corrected chi connectivity index (χ2v) is 10.7. The van der Waals surface area contributed by atoms with Crippen molar-refractivity contribution in [3.8, 4) is 11.5 Å². The Bertz CT molecular complexity index is 1430. The van der Waals surface area contributed by atoms with Crippen LogP contribution in [0.2, 0.25) is 0 Å². The summed E-state index contributed by atoms with van der Waals surface area (Å²) in [4.78, 5) is 43.2. The molecule has 0 aliphatic heterocycles. The summed E-state index contributed by atoms with van der Waals surface area (Å²) in [5, 5.41) is 2.57. The number of aromatic nitrogens is 1. The number of pyridine rings is 1. The maximum absolute atomic E-state index is 13.6. The fraction of sp³-hybridized carbons (Fsp3) is 0.290. The van der Waals surface area contributed by atoms with Gasteiger partial charge in [0.15, 0.2) is 11.4 Å². The van der Waals surface area contributed by atoms with E-state index < -0.39 is 40.4 Å². The van der Waals surface area contributed by atoms with Crippen LogP contribution in [0.1, 0.15) is 63.2 Å². The molecule has 1 heterocycles. The molecule has 0 fully saturated rings. The van der Waals surface area contributed by atoms with Crippen LogP contribution < -0.4 is 14.8 Å². The summed E-state index contributed by atoms with van der Waals surface area (Å²) < 4.78 is 43.6. The number of hydrogen-bond donors (Lipinski definition) is 1. The molecule has 2 aromatic carbocycles. The first-order chi connectivity index (χ1) is 19.1. The van der Waals surface area contributed by atoms with Gasteiger partial charge in [0, 0.05) is 17.8 Å². The highest BCUT2D eigenvalue weighted by molar-refractivity contribution is 6.00. The van der Waals surface area contributed by atoms with Crippen molar-refractivity contribution in [1.82, 2.24) is 10.3 Å². The second kappa shape index (κ2) is 12.3. The molecule has 216 valence electrons. The number of rotatable bonds is 8. The van der Waals surface area contributed by atoms with Crippen molar-refractivity contribution >= 4 is 23.4 Å². The lowest BCUT2D eigenvalue weighted by atomic mass is 9.96. The Morgan fingerprint density at radius 3 is 1.78 bits per heavy atom. The average Bonchev–Trinajstić information content (AvgIpc) is 2.90. The molecular formula is C31H32F2N2O6. The number of carbonyl (C=O) groups excluding carboxylic acids is 3. The predicted octanol–water partition coefficient (Wildman–Crippen LogP) is 5.85. The minimum absolute atomic E-state index is 0.102. The minimum atomic E-state index is -1.59. The summed E-state index contributed by atoms with van der Waals surface area (Å²) in [6, 6.07) is 12.5. The van der Waals surface area contributed by atoms with Crippen molar-refractivity contribution in [2.45, 2.75) is 47.1 Å². The summed E-state index contributed by atoms with van der Waals surface area (Å²) in [6.07, 6.45) is 1.30.